The zero-order chi connectivity index (χ0) is 15.3. The first-order chi connectivity index (χ1) is 9.30. The van der Waals surface area contributed by atoms with E-state index in [2.05, 4.69) is 18.6 Å². The minimum atomic E-state index is -3.46. The summed E-state index contributed by atoms with van der Waals surface area (Å²) in [7, 11) is -3.46. The van der Waals surface area contributed by atoms with Gasteiger partial charge in [-0.15, -0.1) is 0 Å². The quantitative estimate of drug-likeness (QED) is 0.812. The second-order valence-corrected chi connectivity index (χ2v) is 7.26. The molecule has 0 aromatic heterocycles. The zero-order valence-corrected chi connectivity index (χ0v) is 13.6. The summed E-state index contributed by atoms with van der Waals surface area (Å²) in [4.78, 5) is 0.339. The highest BCUT2D eigenvalue weighted by Gasteiger charge is 2.20. The summed E-state index contributed by atoms with van der Waals surface area (Å²) >= 11 is 0. The topological polar surface area (TPSA) is 72.2 Å². The maximum absolute atomic E-state index is 12.4. The van der Waals surface area contributed by atoms with Crippen LogP contribution in [-0.4, -0.2) is 14.5 Å². The molecule has 0 radical (unpaired) electrons. The highest BCUT2D eigenvalue weighted by Crippen LogP contribution is 2.18. The maximum Gasteiger partial charge on any atom is 0.241 e. The fourth-order valence-electron chi connectivity index (χ4n) is 2.29. The van der Waals surface area contributed by atoms with E-state index in [0.29, 0.717) is 17.4 Å². The third-order valence-electron chi connectivity index (χ3n) is 3.57. The Kier molecular flexibility index (Phi) is 6.17. The summed E-state index contributed by atoms with van der Waals surface area (Å²) in [6.45, 7) is 8.37. The summed E-state index contributed by atoms with van der Waals surface area (Å²) in [5.41, 5.74) is 7.24. The van der Waals surface area contributed by atoms with Gasteiger partial charge in [-0.2, -0.15) is 0 Å². The lowest BCUT2D eigenvalue weighted by atomic mass is 10.0. The van der Waals surface area contributed by atoms with Gasteiger partial charge in [-0.3, -0.25) is 0 Å². The van der Waals surface area contributed by atoms with Crippen LogP contribution in [0.3, 0.4) is 0 Å². The second kappa shape index (κ2) is 7.20. The Bertz CT molecular complexity index is 541. The number of sulfonamides is 1. The van der Waals surface area contributed by atoms with Crippen molar-refractivity contribution < 1.29 is 8.42 Å². The summed E-state index contributed by atoms with van der Waals surface area (Å²) in [6.07, 6.45) is 1.89. The third kappa shape index (κ3) is 4.58. The van der Waals surface area contributed by atoms with Gasteiger partial charge in [0, 0.05) is 12.6 Å². The van der Waals surface area contributed by atoms with Crippen LogP contribution in [0.25, 0.3) is 0 Å². The van der Waals surface area contributed by atoms with Crippen molar-refractivity contribution in [2.45, 2.75) is 58.0 Å². The number of aryl methyl sites for hydroxylation is 1. The fourth-order valence-corrected chi connectivity index (χ4v) is 3.77. The van der Waals surface area contributed by atoms with E-state index in [1.807, 2.05) is 13.0 Å². The Morgan fingerprint density at radius 3 is 2.45 bits per heavy atom. The second-order valence-electron chi connectivity index (χ2n) is 5.58. The van der Waals surface area contributed by atoms with Gasteiger partial charge in [0.05, 0.1) is 4.90 Å². The van der Waals surface area contributed by atoms with E-state index in [0.717, 1.165) is 24.0 Å². The molecule has 4 nitrogen and oxygen atoms in total. The lowest BCUT2D eigenvalue weighted by molar-refractivity contribution is 0.445. The zero-order valence-electron chi connectivity index (χ0n) is 12.8. The third-order valence-corrected chi connectivity index (χ3v) is 5.32. The molecule has 0 aliphatic carbocycles. The molecule has 0 amide bonds. The van der Waals surface area contributed by atoms with Crippen LogP contribution in [0.5, 0.6) is 0 Å². The summed E-state index contributed by atoms with van der Waals surface area (Å²) < 4.78 is 27.5. The van der Waals surface area contributed by atoms with Gasteiger partial charge < -0.3 is 5.73 Å². The van der Waals surface area contributed by atoms with Gasteiger partial charge in [-0.1, -0.05) is 32.4 Å². The molecule has 0 saturated carbocycles. The van der Waals surface area contributed by atoms with E-state index in [9.17, 15) is 8.42 Å². The number of benzene rings is 1. The van der Waals surface area contributed by atoms with Crippen LogP contribution in [0.15, 0.2) is 23.1 Å². The van der Waals surface area contributed by atoms with E-state index >= 15 is 0 Å². The van der Waals surface area contributed by atoms with Gasteiger partial charge in [0.25, 0.3) is 0 Å². The van der Waals surface area contributed by atoms with Crippen LogP contribution in [0.1, 0.15) is 44.7 Å². The standard InChI is InChI=1S/C15H26N2O2S/c1-5-11(2)8-13(4)17-20(18,19)15-7-6-14(10-16)9-12(15)3/h6-7,9,11,13,17H,5,8,10,16H2,1-4H3. The van der Waals surface area contributed by atoms with Crippen molar-refractivity contribution in [1.29, 1.82) is 0 Å². The molecule has 1 aromatic carbocycles. The van der Waals surface area contributed by atoms with Crippen molar-refractivity contribution in [2.75, 3.05) is 0 Å². The molecule has 1 rings (SSSR count). The lowest BCUT2D eigenvalue weighted by Crippen LogP contribution is -2.34. The molecular weight excluding hydrogens is 272 g/mol. The maximum atomic E-state index is 12.4. The van der Waals surface area contributed by atoms with Crippen molar-refractivity contribution in [2.24, 2.45) is 11.7 Å². The number of hydrogen-bond donors (Lipinski definition) is 2. The summed E-state index contributed by atoms with van der Waals surface area (Å²) in [5.74, 6) is 0.508. The molecule has 0 saturated heterocycles. The lowest BCUT2D eigenvalue weighted by Gasteiger charge is -2.18. The van der Waals surface area contributed by atoms with Crippen LogP contribution in [-0.2, 0) is 16.6 Å². The molecule has 0 bridgehead atoms. The Balaban J connectivity index is 2.88. The molecule has 3 N–H and O–H groups in total. The Hall–Kier alpha value is -0.910. The van der Waals surface area contributed by atoms with Crippen molar-refractivity contribution >= 4 is 10.0 Å². The van der Waals surface area contributed by atoms with Gasteiger partial charge in [0.1, 0.15) is 0 Å². The van der Waals surface area contributed by atoms with Crippen LogP contribution in [0.2, 0.25) is 0 Å². The van der Waals surface area contributed by atoms with Crippen molar-refractivity contribution in [1.82, 2.24) is 4.72 Å². The number of nitrogens with one attached hydrogen (secondary N) is 1. The van der Waals surface area contributed by atoms with Gasteiger partial charge in [0.15, 0.2) is 0 Å². The first kappa shape index (κ1) is 17.1. The molecule has 0 aliphatic rings. The fraction of sp³-hybridized carbons (Fsp3) is 0.600. The molecule has 1 aromatic rings. The molecule has 0 spiro atoms. The number of hydrogen-bond acceptors (Lipinski definition) is 3. The van der Waals surface area contributed by atoms with Crippen molar-refractivity contribution in [3.8, 4) is 0 Å². The molecule has 0 heterocycles. The average molecular weight is 298 g/mol. The normalized spacial score (nSPS) is 15.1. The molecule has 114 valence electrons. The minimum absolute atomic E-state index is 0.0662. The van der Waals surface area contributed by atoms with Crippen LogP contribution in [0.4, 0.5) is 0 Å². The molecule has 0 fully saturated rings. The molecule has 2 atom stereocenters. The van der Waals surface area contributed by atoms with Crippen LogP contribution < -0.4 is 10.5 Å². The Morgan fingerprint density at radius 1 is 1.30 bits per heavy atom. The van der Waals surface area contributed by atoms with E-state index in [4.69, 9.17) is 5.73 Å². The van der Waals surface area contributed by atoms with Gasteiger partial charge in [-0.25, -0.2) is 13.1 Å². The predicted octanol–water partition coefficient (Wildman–Crippen LogP) is 2.56. The predicted molar refractivity (Wildman–Crippen MR) is 82.9 cm³/mol. The van der Waals surface area contributed by atoms with Gasteiger partial charge in [0.2, 0.25) is 10.0 Å². The SMILES string of the molecule is CCC(C)CC(C)NS(=O)(=O)c1ccc(CN)cc1C. The van der Waals surface area contributed by atoms with E-state index in [1.165, 1.54) is 0 Å². The molecule has 2 unspecified atom stereocenters. The summed E-state index contributed by atoms with van der Waals surface area (Å²) in [5, 5.41) is 0. The number of nitrogens with two attached hydrogens (primary N) is 1. The Morgan fingerprint density at radius 2 is 1.95 bits per heavy atom. The monoisotopic (exact) mass is 298 g/mol. The first-order valence-corrected chi connectivity index (χ1v) is 8.60. The summed E-state index contributed by atoms with van der Waals surface area (Å²) in [6, 6.07) is 5.16. The van der Waals surface area contributed by atoms with Gasteiger partial charge in [-0.05, 0) is 43.4 Å². The van der Waals surface area contributed by atoms with Crippen LogP contribution in [0, 0.1) is 12.8 Å². The van der Waals surface area contributed by atoms with Gasteiger partial charge >= 0.3 is 0 Å². The molecule has 5 heteroatoms. The smallest absolute Gasteiger partial charge is 0.241 e. The highest BCUT2D eigenvalue weighted by atomic mass is 32.2. The average Bonchev–Trinajstić information content (AvgIpc) is 2.37. The van der Waals surface area contributed by atoms with E-state index in [1.54, 1.807) is 19.1 Å². The first-order valence-electron chi connectivity index (χ1n) is 7.12. The molecule has 0 aliphatic heterocycles. The van der Waals surface area contributed by atoms with Crippen molar-refractivity contribution in [3.63, 3.8) is 0 Å². The van der Waals surface area contributed by atoms with Crippen LogP contribution >= 0.6 is 0 Å². The Labute approximate surface area is 122 Å². The largest absolute Gasteiger partial charge is 0.326 e. The van der Waals surface area contributed by atoms with E-state index in [-0.39, 0.29) is 6.04 Å². The highest BCUT2D eigenvalue weighted by molar-refractivity contribution is 7.89. The minimum Gasteiger partial charge on any atom is -0.326 e. The molecular formula is C15H26N2O2S. The molecule has 20 heavy (non-hydrogen) atoms. The van der Waals surface area contributed by atoms with E-state index < -0.39 is 10.0 Å². The number of rotatable bonds is 7. The van der Waals surface area contributed by atoms with Crippen molar-refractivity contribution in [3.05, 3.63) is 29.3 Å².